The van der Waals surface area contributed by atoms with Gasteiger partial charge >= 0.3 is 0 Å². The minimum absolute atomic E-state index is 0.240. The average Bonchev–Trinajstić information content (AvgIpc) is 2.81. The number of nitrogens with two attached hydrogens (primary N) is 1. The van der Waals surface area contributed by atoms with Crippen molar-refractivity contribution in [1.82, 2.24) is 14.8 Å². The number of benzene rings is 1. The molecule has 0 bridgehead atoms. The Hall–Kier alpha value is -1.68. The Labute approximate surface area is 101 Å². The molecule has 17 heavy (non-hydrogen) atoms. The first-order valence-corrected chi connectivity index (χ1v) is 5.94. The van der Waals surface area contributed by atoms with Crippen LogP contribution in [0.15, 0.2) is 30.3 Å². The van der Waals surface area contributed by atoms with Gasteiger partial charge in [-0.1, -0.05) is 37.3 Å². The Bertz CT molecular complexity index is 475. The molecular weight excluding hydrogens is 212 g/mol. The van der Waals surface area contributed by atoms with Gasteiger partial charge in [0.05, 0.1) is 6.54 Å². The maximum absolute atomic E-state index is 5.66. The van der Waals surface area contributed by atoms with Crippen molar-refractivity contribution in [1.29, 1.82) is 0 Å². The van der Waals surface area contributed by atoms with Gasteiger partial charge in [0.25, 0.3) is 0 Å². The molecule has 2 rings (SSSR count). The van der Waals surface area contributed by atoms with Crippen molar-refractivity contribution < 1.29 is 0 Å². The van der Waals surface area contributed by atoms with E-state index in [1.165, 1.54) is 5.56 Å². The van der Waals surface area contributed by atoms with E-state index in [2.05, 4.69) is 40.7 Å². The molecule has 0 aliphatic carbocycles. The van der Waals surface area contributed by atoms with Crippen LogP contribution in [0, 0.1) is 0 Å². The highest BCUT2D eigenvalue weighted by molar-refractivity contribution is 5.24. The van der Waals surface area contributed by atoms with Gasteiger partial charge in [0.15, 0.2) is 0 Å². The van der Waals surface area contributed by atoms with E-state index in [0.717, 1.165) is 18.2 Å². The van der Waals surface area contributed by atoms with Crippen LogP contribution < -0.4 is 5.73 Å². The topological polar surface area (TPSA) is 56.7 Å². The summed E-state index contributed by atoms with van der Waals surface area (Å²) in [5, 5.41) is 8.41. The summed E-state index contributed by atoms with van der Waals surface area (Å²) in [5.74, 6) is 2.08. The molecule has 1 aromatic heterocycles. The van der Waals surface area contributed by atoms with E-state index in [4.69, 9.17) is 5.73 Å². The van der Waals surface area contributed by atoms with Gasteiger partial charge in [-0.3, -0.25) is 0 Å². The van der Waals surface area contributed by atoms with Crippen LogP contribution in [0.1, 0.15) is 37.0 Å². The number of hydrogen-bond donors (Lipinski definition) is 1. The molecule has 2 aromatic rings. The number of aromatic nitrogens is 3. The van der Waals surface area contributed by atoms with Crippen molar-refractivity contribution in [2.75, 3.05) is 0 Å². The largest absolute Gasteiger partial charge is 0.324 e. The van der Waals surface area contributed by atoms with Gasteiger partial charge in [-0.2, -0.15) is 0 Å². The highest BCUT2D eigenvalue weighted by atomic mass is 15.3. The van der Waals surface area contributed by atoms with Crippen LogP contribution in [-0.4, -0.2) is 14.8 Å². The van der Waals surface area contributed by atoms with Crippen molar-refractivity contribution in [2.45, 2.75) is 32.9 Å². The summed E-state index contributed by atoms with van der Waals surface area (Å²) in [7, 11) is 0. The lowest BCUT2D eigenvalue weighted by molar-refractivity contribution is 0.639. The van der Waals surface area contributed by atoms with Crippen LogP contribution in [0.3, 0.4) is 0 Å². The maximum Gasteiger partial charge on any atom is 0.146 e. The first-order valence-electron chi connectivity index (χ1n) is 5.94. The van der Waals surface area contributed by atoms with Gasteiger partial charge in [-0.05, 0) is 12.5 Å². The summed E-state index contributed by atoms with van der Waals surface area (Å²) >= 11 is 0. The minimum atomic E-state index is 0.240. The molecule has 0 fully saturated rings. The lowest BCUT2D eigenvalue weighted by Crippen LogP contribution is -2.12. The van der Waals surface area contributed by atoms with Crippen LogP contribution in [0.25, 0.3) is 0 Å². The van der Waals surface area contributed by atoms with Gasteiger partial charge in [-0.25, -0.2) is 0 Å². The fourth-order valence-electron chi connectivity index (χ4n) is 2.06. The predicted octanol–water partition coefficient (Wildman–Crippen LogP) is 1.91. The molecule has 2 N–H and O–H groups in total. The van der Waals surface area contributed by atoms with E-state index in [0.29, 0.717) is 6.54 Å². The highest BCUT2D eigenvalue weighted by Gasteiger charge is 2.17. The van der Waals surface area contributed by atoms with Gasteiger partial charge in [0, 0.05) is 12.5 Å². The molecule has 1 atom stereocenters. The van der Waals surface area contributed by atoms with Crippen LogP contribution in [0.2, 0.25) is 0 Å². The van der Waals surface area contributed by atoms with Gasteiger partial charge in [0.1, 0.15) is 11.6 Å². The molecule has 0 saturated carbocycles. The molecule has 4 nitrogen and oxygen atoms in total. The van der Waals surface area contributed by atoms with E-state index in [1.54, 1.807) is 0 Å². The zero-order chi connectivity index (χ0) is 12.3. The SMILES string of the molecule is CCn1c(CN)nnc1C(C)c1ccccc1. The van der Waals surface area contributed by atoms with Crippen LogP contribution >= 0.6 is 0 Å². The fraction of sp³-hybridized carbons (Fsp3) is 0.385. The Morgan fingerprint density at radius 3 is 2.53 bits per heavy atom. The predicted molar refractivity (Wildman–Crippen MR) is 67.5 cm³/mol. The van der Waals surface area contributed by atoms with E-state index in [9.17, 15) is 0 Å². The lowest BCUT2D eigenvalue weighted by atomic mass is 10.0. The Balaban J connectivity index is 2.37. The summed E-state index contributed by atoms with van der Waals surface area (Å²) in [6, 6.07) is 10.3. The van der Waals surface area contributed by atoms with E-state index in [-0.39, 0.29) is 5.92 Å². The molecule has 1 unspecified atom stereocenters. The second kappa shape index (κ2) is 5.10. The zero-order valence-corrected chi connectivity index (χ0v) is 10.3. The Morgan fingerprint density at radius 2 is 1.94 bits per heavy atom. The Kier molecular flexibility index (Phi) is 3.54. The third-order valence-corrected chi connectivity index (χ3v) is 3.04. The maximum atomic E-state index is 5.66. The second-order valence-electron chi connectivity index (χ2n) is 4.06. The van der Waals surface area contributed by atoms with Gasteiger partial charge < -0.3 is 10.3 Å². The zero-order valence-electron chi connectivity index (χ0n) is 10.3. The average molecular weight is 230 g/mol. The molecule has 90 valence electrons. The molecule has 0 aliphatic heterocycles. The molecule has 1 aromatic carbocycles. The number of nitrogens with zero attached hydrogens (tertiary/aromatic N) is 3. The van der Waals surface area contributed by atoms with Gasteiger partial charge in [-0.15, -0.1) is 10.2 Å². The quantitative estimate of drug-likeness (QED) is 0.872. The summed E-state index contributed by atoms with van der Waals surface area (Å²) in [6.07, 6.45) is 0. The van der Waals surface area contributed by atoms with Gasteiger partial charge in [0.2, 0.25) is 0 Å². The highest BCUT2D eigenvalue weighted by Crippen LogP contribution is 2.22. The molecular formula is C13H18N4. The summed E-state index contributed by atoms with van der Waals surface area (Å²) < 4.78 is 2.09. The van der Waals surface area contributed by atoms with Crippen molar-refractivity contribution in [2.24, 2.45) is 5.73 Å². The monoisotopic (exact) mass is 230 g/mol. The molecule has 0 amide bonds. The van der Waals surface area contributed by atoms with Crippen LogP contribution in [-0.2, 0) is 13.1 Å². The molecule has 0 spiro atoms. The molecule has 0 radical (unpaired) electrons. The summed E-state index contributed by atoms with van der Waals surface area (Å²) in [4.78, 5) is 0. The first-order chi connectivity index (χ1) is 8.27. The minimum Gasteiger partial charge on any atom is -0.324 e. The fourth-order valence-corrected chi connectivity index (χ4v) is 2.06. The van der Waals surface area contributed by atoms with Crippen molar-refractivity contribution in [3.05, 3.63) is 47.5 Å². The van der Waals surface area contributed by atoms with E-state index < -0.39 is 0 Å². The van der Waals surface area contributed by atoms with Crippen molar-refractivity contribution in [3.63, 3.8) is 0 Å². The third kappa shape index (κ3) is 2.22. The van der Waals surface area contributed by atoms with E-state index >= 15 is 0 Å². The second-order valence-corrected chi connectivity index (χ2v) is 4.06. The summed E-state index contributed by atoms with van der Waals surface area (Å²) in [6.45, 7) is 5.52. The molecule has 0 saturated heterocycles. The number of rotatable bonds is 4. The first kappa shape index (κ1) is 11.8. The Morgan fingerprint density at radius 1 is 1.24 bits per heavy atom. The number of hydrogen-bond acceptors (Lipinski definition) is 3. The van der Waals surface area contributed by atoms with Crippen molar-refractivity contribution in [3.8, 4) is 0 Å². The lowest BCUT2D eigenvalue weighted by Gasteiger charge is -2.13. The normalized spacial score (nSPS) is 12.6. The molecule has 0 aliphatic rings. The van der Waals surface area contributed by atoms with Crippen molar-refractivity contribution >= 4 is 0 Å². The van der Waals surface area contributed by atoms with Crippen LogP contribution in [0.4, 0.5) is 0 Å². The molecule has 4 heteroatoms. The third-order valence-electron chi connectivity index (χ3n) is 3.04. The summed E-state index contributed by atoms with van der Waals surface area (Å²) in [5.41, 5.74) is 6.90. The van der Waals surface area contributed by atoms with Crippen LogP contribution in [0.5, 0.6) is 0 Å². The standard InChI is InChI=1S/C13H18N4/c1-3-17-12(9-14)15-16-13(17)10(2)11-7-5-4-6-8-11/h4-8,10H,3,9,14H2,1-2H3. The smallest absolute Gasteiger partial charge is 0.146 e. The van der Waals surface area contributed by atoms with E-state index in [1.807, 2.05) is 18.2 Å². The molecule has 1 heterocycles.